The highest BCUT2D eigenvalue weighted by Gasteiger charge is 2.38. The van der Waals surface area contributed by atoms with Gasteiger partial charge in [0, 0.05) is 50.2 Å². The lowest BCUT2D eigenvalue weighted by Gasteiger charge is -2.38. The minimum absolute atomic E-state index is 0.161. The van der Waals surface area contributed by atoms with Crippen molar-refractivity contribution in [2.24, 2.45) is 0 Å². The van der Waals surface area contributed by atoms with Crippen molar-refractivity contribution in [3.05, 3.63) is 27.7 Å². The minimum atomic E-state index is -0.690. The van der Waals surface area contributed by atoms with Gasteiger partial charge in [0.1, 0.15) is 5.75 Å². The number of aliphatic hydroxyl groups excluding tert-OH is 2. The zero-order valence-corrected chi connectivity index (χ0v) is 14.3. The molecule has 0 saturated carbocycles. The van der Waals surface area contributed by atoms with Crippen LogP contribution >= 0.6 is 23.2 Å². The van der Waals surface area contributed by atoms with Gasteiger partial charge in [0.25, 0.3) is 0 Å². The number of phenolic OH excluding ortho intramolecular Hbond substituents is 1. The predicted molar refractivity (Wildman–Crippen MR) is 90.4 cm³/mol. The highest BCUT2D eigenvalue weighted by atomic mass is 35.5. The van der Waals surface area contributed by atoms with Crippen LogP contribution in [0.2, 0.25) is 10.0 Å². The molecule has 2 saturated heterocycles. The van der Waals surface area contributed by atoms with E-state index in [0.29, 0.717) is 22.6 Å². The number of hydrogen-bond donors (Lipinski definition) is 3. The van der Waals surface area contributed by atoms with E-state index >= 15 is 0 Å². The van der Waals surface area contributed by atoms with Crippen molar-refractivity contribution in [2.45, 2.75) is 24.5 Å². The molecule has 7 heteroatoms. The van der Waals surface area contributed by atoms with Gasteiger partial charge in [0.2, 0.25) is 0 Å². The van der Waals surface area contributed by atoms with Gasteiger partial charge in [-0.1, -0.05) is 23.2 Å². The van der Waals surface area contributed by atoms with Gasteiger partial charge in [-0.3, -0.25) is 9.80 Å². The van der Waals surface area contributed by atoms with E-state index < -0.39 is 6.10 Å². The zero-order chi connectivity index (χ0) is 16.6. The fourth-order valence-electron chi connectivity index (χ4n) is 3.78. The SMILES string of the molecule is OCC(O)CN1CCN2C[C@@H](c3c(O)ccc(Cl)c3Cl)C[C@H]2C1. The Morgan fingerprint density at radius 2 is 2.00 bits per heavy atom. The second kappa shape index (κ2) is 7.13. The number of nitrogens with zero attached hydrogens (tertiary/aromatic N) is 2. The summed E-state index contributed by atoms with van der Waals surface area (Å²) in [6, 6.07) is 3.59. The lowest BCUT2D eigenvalue weighted by Crippen LogP contribution is -2.52. The maximum atomic E-state index is 10.2. The standard InChI is InChI=1S/C16H22Cl2N2O3/c17-13-1-2-14(23)15(16(13)18)10-5-11-7-19(8-12(22)9-21)3-4-20(11)6-10/h1-2,10-12,21-23H,3-9H2/t10-,11-,12?/m0/s1. The summed E-state index contributed by atoms with van der Waals surface area (Å²) < 4.78 is 0. The lowest BCUT2D eigenvalue weighted by atomic mass is 9.95. The van der Waals surface area contributed by atoms with Gasteiger partial charge < -0.3 is 15.3 Å². The number of phenols is 1. The highest BCUT2D eigenvalue weighted by Crippen LogP contribution is 2.43. The fourth-order valence-corrected chi connectivity index (χ4v) is 4.26. The van der Waals surface area contributed by atoms with E-state index in [1.54, 1.807) is 12.1 Å². The number of piperazine rings is 1. The number of β-amino-alcohol motifs (C(OH)–C–C–N with tert-alkyl or cyclic N) is 1. The van der Waals surface area contributed by atoms with Crippen LogP contribution in [0.5, 0.6) is 5.75 Å². The van der Waals surface area contributed by atoms with Gasteiger partial charge >= 0.3 is 0 Å². The molecule has 5 nitrogen and oxygen atoms in total. The molecule has 2 aliphatic heterocycles. The molecule has 0 amide bonds. The van der Waals surface area contributed by atoms with Crippen LogP contribution in [0.1, 0.15) is 17.9 Å². The van der Waals surface area contributed by atoms with Crippen LogP contribution in [0.25, 0.3) is 0 Å². The monoisotopic (exact) mass is 360 g/mol. The molecule has 0 aromatic heterocycles. The Kier molecular flexibility index (Phi) is 5.35. The molecule has 1 aromatic rings. The second-order valence-corrected chi connectivity index (χ2v) is 7.26. The average Bonchev–Trinajstić information content (AvgIpc) is 2.94. The van der Waals surface area contributed by atoms with Crippen LogP contribution in [-0.4, -0.2) is 76.6 Å². The van der Waals surface area contributed by atoms with E-state index in [0.717, 1.165) is 38.2 Å². The third-order valence-electron chi connectivity index (χ3n) is 4.90. The summed E-state index contributed by atoms with van der Waals surface area (Å²) in [5.41, 5.74) is 0.746. The van der Waals surface area contributed by atoms with Gasteiger partial charge in [-0.2, -0.15) is 0 Å². The molecule has 1 aromatic carbocycles. The molecule has 2 fully saturated rings. The largest absolute Gasteiger partial charge is 0.508 e. The summed E-state index contributed by atoms with van der Waals surface area (Å²) in [6.45, 7) is 3.78. The molecule has 128 valence electrons. The van der Waals surface area contributed by atoms with Crippen LogP contribution < -0.4 is 0 Å². The van der Waals surface area contributed by atoms with Crippen molar-refractivity contribution in [1.82, 2.24) is 9.80 Å². The summed E-state index contributed by atoms with van der Waals surface area (Å²) in [7, 11) is 0. The second-order valence-electron chi connectivity index (χ2n) is 6.47. The molecule has 2 heterocycles. The van der Waals surface area contributed by atoms with Crippen molar-refractivity contribution < 1.29 is 15.3 Å². The number of rotatable bonds is 4. The maximum Gasteiger partial charge on any atom is 0.120 e. The Balaban J connectivity index is 1.70. The van der Waals surface area contributed by atoms with Crippen molar-refractivity contribution in [2.75, 3.05) is 39.3 Å². The smallest absolute Gasteiger partial charge is 0.120 e. The van der Waals surface area contributed by atoms with Gasteiger partial charge in [-0.05, 0) is 18.6 Å². The third-order valence-corrected chi connectivity index (χ3v) is 5.72. The first kappa shape index (κ1) is 17.3. The molecule has 0 radical (unpaired) electrons. The molecule has 3 atom stereocenters. The average molecular weight is 361 g/mol. The van der Waals surface area contributed by atoms with Crippen molar-refractivity contribution in [3.63, 3.8) is 0 Å². The molecular formula is C16H22Cl2N2O3. The molecule has 0 bridgehead atoms. The molecule has 2 aliphatic rings. The zero-order valence-electron chi connectivity index (χ0n) is 12.8. The van der Waals surface area contributed by atoms with E-state index in [-0.39, 0.29) is 18.3 Å². The predicted octanol–water partition coefficient (Wildman–Crippen LogP) is 1.53. The molecule has 0 aliphatic carbocycles. The van der Waals surface area contributed by atoms with E-state index in [2.05, 4.69) is 9.80 Å². The Morgan fingerprint density at radius 3 is 2.74 bits per heavy atom. The fraction of sp³-hybridized carbons (Fsp3) is 0.625. The van der Waals surface area contributed by atoms with Gasteiger partial charge in [0.15, 0.2) is 0 Å². The van der Waals surface area contributed by atoms with E-state index in [9.17, 15) is 10.2 Å². The number of fused-ring (bicyclic) bond motifs is 1. The molecule has 3 rings (SSSR count). The van der Waals surface area contributed by atoms with Gasteiger partial charge in [-0.25, -0.2) is 0 Å². The quantitative estimate of drug-likeness (QED) is 0.759. The topological polar surface area (TPSA) is 67.2 Å². The van der Waals surface area contributed by atoms with E-state index in [1.165, 1.54) is 0 Å². The summed E-state index contributed by atoms with van der Waals surface area (Å²) in [5.74, 6) is 0.366. The molecule has 23 heavy (non-hydrogen) atoms. The van der Waals surface area contributed by atoms with Crippen molar-refractivity contribution in [1.29, 1.82) is 0 Å². The number of hydrogen-bond acceptors (Lipinski definition) is 5. The Labute approximate surface area is 146 Å². The molecule has 1 unspecified atom stereocenters. The number of aromatic hydroxyl groups is 1. The van der Waals surface area contributed by atoms with Crippen LogP contribution in [-0.2, 0) is 0 Å². The van der Waals surface area contributed by atoms with Crippen molar-refractivity contribution in [3.8, 4) is 5.75 Å². The van der Waals surface area contributed by atoms with Gasteiger partial charge in [-0.15, -0.1) is 0 Å². The first-order valence-corrected chi connectivity index (χ1v) is 8.67. The van der Waals surface area contributed by atoms with Crippen LogP contribution in [0.3, 0.4) is 0 Å². The number of aliphatic hydroxyl groups is 2. The number of halogens is 2. The first-order valence-electron chi connectivity index (χ1n) is 7.91. The normalized spacial score (nSPS) is 27.1. The lowest BCUT2D eigenvalue weighted by molar-refractivity contribution is 0.0300. The Hall–Kier alpha value is -0.560. The van der Waals surface area contributed by atoms with Crippen LogP contribution in [0.15, 0.2) is 12.1 Å². The Morgan fingerprint density at radius 1 is 1.22 bits per heavy atom. The third kappa shape index (κ3) is 3.60. The summed E-state index contributed by atoms with van der Waals surface area (Å²) in [4.78, 5) is 4.59. The van der Waals surface area contributed by atoms with Crippen LogP contribution in [0.4, 0.5) is 0 Å². The first-order chi connectivity index (χ1) is 11.0. The molecule has 0 spiro atoms. The van der Waals surface area contributed by atoms with E-state index in [4.69, 9.17) is 28.3 Å². The van der Waals surface area contributed by atoms with Gasteiger partial charge in [0.05, 0.1) is 22.8 Å². The molecule has 3 N–H and O–H groups in total. The summed E-state index contributed by atoms with van der Waals surface area (Å²) in [6.07, 6.45) is 0.212. The Bertz CT molecular complexity index is 573. The summed E-state index contributed by atoms with van der Waals surface area (Å²) >= 11 is 12.4. The van der Waals surface area contributed by atoms with E-state index in [1.807, 2.05) is 0 Å². The summed E-state index contributed by atoms with van der Waals surface area (Å²) in [5, 5.41) is 29.7. The van der Waals surface area contributed by atoms with Crippen molar-refractivity contribution >= 4 is 23.2 Å². The molecular weight excluding hydrogens is 339 g/mol. The minimum Gasteiger partial charge on any atom is -0.508 e. The maximum absolute atomic E-state index is 10.2. The number of benzene rings is 1. The van der Waals surface area contributed by atoms with Crippen LogP contribution in [0, 0.1) is 0 Å². The highest BCUT2D eigenvalue weighted by molar-refractivity contribution is 6.42.